The fraction of sp³-hybridized carbons (Fsp3) is 0.406. The number of para-hydroxylation sites is 1. The number of hydrogen-bond acceptors (Lipinski definition) is 6. The summed E-state index contributed by atoms with van der Waals surface area (Å²) in [7, 11) is 0. The molecule has 2 heterocycles. The maximum Gasteiger partial charge on any atom is 0.573 e. The summed E-state index contributed by atoms with van der Waals surface area (Å²) >= 11 is 6.08. The summed E-state index contributed by atoms with van der Waals surface area (Å²) in [6.07, 6.45) is -2.99. The van der Waals surface area contributed by atoms with Gasteiger partial charge in [-0.15, -0.1) is 13.2 Å². The van der Waals surface area contributed by atoms with Crippen LogP contribution in [0.2, 0.25) is 5.02 Å². The Morgan fingerprint density at radius 1 is 1.00 bits per heavy atom. The summed E-state index contributed by atoms with van der Waals surface area (Å²) in [4.78, 5) is 17.2. The molecule has 1 amide bonds. The van der Waals surface area contributed by atoms with Gasteiger partial charge in [-0.2, -0.15) is 0 Å². The van der Waals surface area contributed by atoms with Crippen LogP contribution in [0.15, 0.2) is 72.8 Å². The minimum Gasteiger partial charge on any atom is -0.507 e. The van der Waals surface area contributed by atoms with Crippen LogP contribution in [0.1, 0.15) is 41.3 Å². The number of phenolic OH excluding ortho intramolecular Hbond substituents is 1. The lowest BCUT2D eigenvalue weighted by Crippen LogP contribution is -2.55. The molecule has 3 aromatic carbocycles. The lowest BCUT2D eigenvalue weighted by atomic mass is 9.79. The SMILES string of the molecule is O=C(NCCC(C(O)c1ccc(Cl)cc1)N1CCCC(C2CN(c3ccc(OC(F)(F)F)cc3)C2)C1)c1ccccc1O. The van der Waals surface area contributed by atoms with E-state index < -0.39 is 12.5 Å². The highest BCUT2D eigenvalue weighted by atomic mass is 35.5. The van der Waals surface area contributed by atoms with Crippen LogP contribution in [-0.4, -0.2) is 66.1 Å². The third-order valence-corrected chi connectivity index (χ3v) is 8.67. The van der Waals surface area contributed by atoms with Crippen LogP contribution in [0.25, 0.3) is 0 Å². The highest BCUT2D eigenvalue weighted by molar-refractivity contribution is 6.30. The summed E-state index contributed by atoms with van der Waals surface area (Å²) in [5, 5.41) is 25.0. The summed E-state index contributed by atoms with van der Waals surface area (Å²) in [5.74, 6) is 0.119. The molecule has 2 fully saturated rings. The molecular weight excluding hydrogens is 583 g/mol. The molecule has 2 aliphatic rings. The lowest BCUT2D eigenvalue weighted by molar-refractivity contribution is -0.274. The highest BCUT2D eigenvalue weighted by Crippen LogP contribution is 2.37. The summed E-state index contributed by atoms with van der Waals surface area (Å²) < 4.78 is 41.4. The van der Waals surface area contributed by atoms with Crippen molar-refractivity contribution >= 4 is 23.2 Å². The molecule has 43 heavy (non-hydrogen) atoms. The second-order valence-corrected chi connectivity index (χ2v) is 11.7. The zero-order chi connectivity index (χ0) is 30.6. The number of likely N-dealkylation sites (tertiary alicyclic amines) is 1. The average molecular weight is 618 g/mol. The van der Waals surface area contributed by atoms with Crippen molar-refractivity contribution in [3.63, 3.8) is 0 Å². The number of aliphatic hydroxyl groups is 1. The van der Waals surface area contributed by atoms with Gasteiger partial charge in [0.15, 0.2) is 0 Å². The van der Waals surface area contributed by atoms with E-state index in [0.29, 0.717) is 29.8 Å². The Kier molecular flexibility index (Phi) is 9.68. The minimum atomic E-state index is -4.72. The van der Waals surface area contributed by atoms with Gasteiger partial charge in [0.1, 0.15) is 11.5 Å². The Balaban J connectivity index is 1.21. The number of aliphatic hydroxyl groups excluding tert-OH is 1. The van der Waals surface area contributed by atoms with Gasteiger partial charge in [0.25, 0.3) is 5.91 Å². The first-order chi connectivity index (χ1) is 20.6. The van der Waals surface area contributed by atoms with E-state index in [1.807, 2.05) is 12.1 Å². The maximum absolute atomic E-state index is 12.7. The number of benzene rings is 3. The number of carbonyl (C=O) groups is 1. The smallest absolute Gasteiger partial charge is 0.507 e. The Labute approximate surface area is 253 Å². The van der Waals surface area contributed by atoms with E-state index in [-0.39, 0.29) is 29.0 Å². The predicted octanol–water partition coefficient (Wildman–Crippen LogP) is 6.01. The molecule has 7 nitrogen and oxygen atoms in total. The number of aromatic hydroxyl groups is 1. The molecule has 0 aromatic heterocycles. The topological polar surface area (TPSA) is 85.3 Å². The van der Waals surface area contributed by atoms with E-state index in [2.05, 4.69) is 19.9 Å². The maximum atomic E-state index is 12.7. The molecule has 0 bridgehead atoms. The summed E-state index contributed by atoms with van der Waals surface area (Å²) in [6.45, 7) is 3.53. The molecule has 230 valence electrons. The van der Waals surface area contributed by atoms with Gasteiger partial charge in [-0.3, -0.25) is 9.69 Å². The van der Waals surface area contributed by atoms with E-state index in [0.717, 1.165) is 50.3 Å². The second-order valence-electron chi connectivity index (χ2n) is 11.2. The van der Waals surface area contributed by atoms with Crippen molar-refractivity contribution in [2.45, 2.75) is 37.8 Å². The van der Waals surface area contributed by atoms with E-state index in [1.165, 1.54) is 18.2 Å². The number of hydrogen-bond donors (Lipinski definition) is 3. The highest BCUT2D eigenvalue weighted by Gasteiger charge is 2.39. The van der Waals surface area contributed by atoms with Crippen molar-refractivity contribution in [2.75, 3.05) is 37.6 Å². The van der Waals surface area contributed by atoms with Crippen molar-refractivity contribution in [1.82, 2.24) is 10.2 Å². The Bertz CT molecular complexity index is 1370. The Hall–Kier alpha value is -3.47. The molecule has 2 aliphatic heterocycles. The Morgan fingerprint density at radius 3 is 2.37 bits per heavy atom. The number of ether oxygens (including phenoxy) is 1. The van der Waals surface area contributed by atoms with E-state index in [9.17, 15) is 28.2 Å². The number of amides is 1. The van der Waals surface area contributed by atoms with Crippen LogP contribution in [0.3, 0.4) is 0 Å². The zero-order valence-corrected chi connectivity index (χ0v) is 24.3. The van der Waals surface area contributed by atoms with Gasteiger partial charge in [-0.25, -0.2) is 0 Å². The quantitative estimate of drug-likeness (QED) is 0.258. The first-order valence-corrected chi connectivity index (χ1v) is 14.8. The van der Waals surface area contributed by atoms with Gasteiger partial charge in [-0.05, 0) is 91.7 Å². The predicted molar refractivity (Wildman–Crippen MR) is 158 cm³/mol. The van der Waals surface area contributed by atoms with Gasteiger partial charge in [0.2, 0.25) is 0 Å². The number of phenols is 1. The van der Waals surface area contributed by atoms with Crippen LogP contribution >= 0.6 is 11.6 Å². The van der Waals surface area contributed by atoms with Gasteiger partial charge in [0.05, 0.1) is 11.7 Å². The molecule has 0 saturated carbocycles. The molecule has 0 radical (unpaired) electrons. The third-order valence-electron chi connectivity index (χ3n) is 8.42. The first kappa shape index (κ1) is 31.0. The Morgan fingerprint density at radius 2 is 1.70 bits per heavy atom. The second kappa shape index (κ2) is 13.4. The third kappa shape index (κ3) is 7.93. The fourth-order valence-electron chi connectivity index (χ4n) is 6.12. The molecule has 3 aromatic rings. The van der Waals surface area contributed by atoms with Crippen molar-refractivity contribution in [3.05, 3.63) is 88.9 Å². The standard InChI is InChI=1S/C32H35ClF3N3O4/c33-24-9-7-21(8-10-24)30(41)28(15-16-37-31(42)27-5-1-2-6-29(27)40)38-17-3-4-22(18-38)23-19-39(20-23)25-11-13-26(14-12-25)43-32(34,35)36/h1-2,5-14,22-23,28,30,40-41H,3-4,15-20H2,(H,37,42). The van der Waals surface area contributed by atoms with Crippen molar-refractivity contribution in [1.29, 1.82) is 0 Å². The van der Waals surface area contributed by atoms with Crippen LogP contribution in [0.5, 0.6) is 11.5 Å². The number of anilines is 1. The van der Waals surface area contributed by atoms with Crippen LogP contribution < -0.4 is 15.0 Å². The molecule has 11 heteroatoms. The number of halogens is 4. The number of carbonyl (C=O) groups excluding carboxylic acids is 1. The van der Waals surface area contributed by atoms with E-state index in [1.54, 1.807) is 42.5 Å². The molecular formula is C32H35ClF3N3O4. The van der Waals surface area contributed by atoms with Gasteiger partial charge < -0.3 is 25.2 Å². The van der Waals surface area contributed by atoms with E-state index in [4.69, 9.17) is 11.6 Å². The molecule has 3 N–H and O–H groups in total. The molecule has 3 unspecified atom stereocenters. The van der Waals surface area contributed by atoms with Crippen molar-refractivity contribution in [2.24, 2.45) is 11.8 Å². The van der Waals surface area contributed by atoms with Gasteiger partial charge >= 0.3 is 6.36 Å². The molecule has 5 rings (SSSR count). The number of alkyl halides is 3. The molecule has 0 aliphatic carbocycles. The summed E-state index contributed by atoms with van der Waals surface area (Å²) in [6, 6.07) is 19.2. The number of nitrogens with zero attached hydrogens (tertiary/aromatic N) is 2. The largest absolute Gasteiger partial charge is 0.573 e. The summed E-state index contributed by atoms with van der Waals surface area (Å²) in [5.41, 5.74) is 1.80. The molecule has 0 spiro atoms. The number of rotatable bonds is 10. The monoisotopic (exact) mass is 617 g/mol. The number of piperidine rings is 1. The average Bonchev–Trinajstić information content (AvgIpc) is 2.95. The van der Waals surface area contributed by atoms with Crippen LogP contribution in [0, 0.1) is 11.8 Å². The van der Waals surface area contributed by atoms with Gasteiger partial charge in [0, 0.05) is 42.9 Å². The van der Waals surface area contributed by atoms with Gasteiger partial charge in [-0.1, -0.05) is 35.9 Å². The van der Waals surface area contributed by atoms with E-state index >= 15 is 0 Å². The normalized spacial score (nSPS) is 19.4. The minimum absolute atomic E-state index is 0.0863. The zero-order valence-electron chi connectivity index (χ0n) is 23.5. The van der Waals surface area contributed by atoms with Crippen LogP contribution in [-0.2, 0) is 0 Å². The van der Waals surface area contributed by atoms with Crippen LogP contribution in [0.4, 0.5) is 18.9 Å². The lowest BCUT2D eigenvalue weighted by Gasteiger charge is -2.49. The first-order valence-electron chi connectivity index (χ1n) is 14.4. The molecule has 3 atom stereocenters. The number of nitrogens with one attached hydrogen (secondary N) is 1. The molecule has 2 saturated heterocycles. The van der Waals surface area contributed by atoms with Crippen molar-refractivity contribution in [3.8, 4) is 11.5 Å². The van der Waals surface area contributed by atoms with Crippen molar-refractivity contribution < 1.29 is 32.9 Å². The fourth-order valence-corrected chi connectivity index (χ4v) is 6.25.